The maximum absolute atomic E-state index is 13.2. The third-order valence-corrected chi connectivity index (χ3v) is 3.93. The van der Waals surface area contributed by atoms with E-state index in [1.165, 1.54) is 12.1 Å². The van der Waals surface area contributed by atoms with Crippen LogP contribution in [0.2, 0.25) is 0 Å². The third kappa shape index (κ3) is 5.01. The molecule has 21 heavy (non-hydrogen) atoms. The van der Waals surface area contributed by atoms with E-state index >= 15 is 0 Å². The minimum absolute atomic E-state index is 0.236. The maximum Gasteiger partial charge on any atom is 0.323 e. The summed E-state index contributed by atoms with van der Waals surface area (Å²) in [5.74, 6) is -1.07. The zero-order chi connectivity index (χ0) is 15.9. The first-order valence-corrected chi connectivity index (χ1v) is 7.35. The number of carboxylic acid groups (broad SMARTS) is 1. The monoisotopic (exact) mass is 296 g/mol. The summed E-state index contributed by atoms with van der Waals surface area (Å²) in [4.78, 5) is 13.3. The summed E-state index contributed by atoms with van der Waals surface area (Å²) in [7, 11) is 1.67. The summed E-state index contributed by atoms with van der Waals surface area (Å²) in [5.41, 5.74) is -0.0114. The molecule has 0 saturated carbocycles. The smallest absolute Gasteiger partial charge is 0.323 e. The molecule has 0 aliphatic heterocycles. The lowest BCUT2D eigenvalue weighted by Crippen LogP contribution is -2.47. The molecule has 0 heterocycles. The summed E-state index contributed by atoms with van der Waals surface area (Å²) in [6, 6.07) is 6.55. The van der Waals surface area contributed by atoms with Crippen LogP contribution >= 0.6 is 0 Å². The molecule has 0 saturated heterocycles. The third-order valence-electron chi connectivity index (χ3n) is 3.93. The Kier molecular flexibility index (Phi) is 6.62. The fraction of sp³-hybridized carbons (Fsp3) is 0.562. The fourth-order valence-electron chi connectivity index (χ4n) is 2.26. The van der Waals surface area contributed by atoms with Crippen molar-refractivity contribution in [3.05, 3.63) is 30.1 Å². The lowest BCUT2D eigenvalue weighted by atomic mass is 9.95. The summed E-state index contributed by atoms with van der Waals surface area (Å²) >= 11 is 0. The quantitative estimate of drug-likeness (QED) is 0.688. The Bertz CT molecular complexity index is 467. The topological polar surface area (TPSA) is 52.6 Å². The van der Waals surface area contributed by atoms with Gasteiger partial charge in [-0.25, -0.2) is 4.39 Å². The Labute approximate surface area is 126 Å². The molecule has 118 valence electrons. The van der Waals surface area contributed by atoms with Crippen LogP contribution in [-0.4, -0.2) is 36.8 Å². The molecule has 2 N–H and O–H groups in total. The van der Waals surface area contributed by atoms with Crippen LogP contribution in [0.3, 0.4) is 0 Å². The number of benzene rings is 1. The second-order valence-corrected chi connectivity index (χ2v) is 5.40. The van der Waals surface area contributed by atoms with E-state index in [0.717, 1.165) is 31.6 Å². The largest absolute Gasteiger partial charge is 0.480 e. The average molecular weight is 296 g/mol. The highest BCUT2D eigenvalue weighted by Gasteiger charge is 2.30. The lowest BCUT2D eigenvalue weighted by molar-refractivity contribution is -0.144. The minimum atomic E-state index is -0.879. The van der Waals surface area contributed by atoms with Gasteiger partial charge in [0.2, 0.25) is 0 Å². The molecular weight excluding hydrogens is 271 g/mol. The van der Waals surface area contributed by atoms with E-state index in [9.17, 15) is 14.3 Å². The Morgan fingerprint density at radius 1 is 1.43 bits per heavy atom. The van der Waals surface area contributed by atoms with Crippen LogP contribution in [0.4, 0.5) is 10.1 Å². The first-order valence-electron chi connectivity index (χ1n) is 7.35. The maximum atomic E-state index is 13.2. The predicted octanol–water partition coefficient (Wildman–Crippen LogP) is 2.89. The predicted molar refractivity (Wildman–Crippen MR) is 83.2 cm³/mol. The SMILES string of the molecule is CCN(CCCCC(C)(NC)C(=O)O)c1cccc(F)c1. The highest BCUT2D eigenvalue weighted by molar-refractivity contribution is 5.78. The molecule has 0 amide bonds. The van der Waals surface area contributed by atoms with Crippen molar-refractivity contribution >= 4 is 11.7 Å². The Morgan fingerprint density at radius 2 is 2.14 bits per heavy atom. The van der Waals surface area contributed by atoms with Gasteiger partial charge in [0.1, 0.15) is 11.4 Å². The molecule has 0 aromatic heterocycles. The van der Waals surface area contributed by atoms with Gasteiger partial charge in [-0.2, -0.15) is 0 Å². The van der Waals surface area contributed by atoms with Crippen molar-refractivity contribution in [1.82, 2.24) is 5.32 Å². The van der Waals surface area contributed by atoms with Crippen molar-refractivity contribution in [2.75, 3.05) is 25.0 Å². The molecule has 1 aromatic rings. The van der Waals surface area contributed by atoms with Crippen molar-refractivity contribution < 1.29 is 14.3 Å². The molecule has 0 radical (unpaired) electrons. The van der Waals surface area contributed by atoms with Gasteiger partial charge in [-0.15, -0.1) is 0 Å². The van der Waals surface area contributed by atoms with Crippen molar-refractivity contribution in [2.45, 2.75) is 38.6 Å². The molecule has 4 nitrogen and oxygen atoms in total. The molecule has 0 fully saturated rings. The summed E-state index contributed by atoms with van der Waals surface area (Å²) in [6.45, 7) is 5.31. The highest BCUT2D eigenvalue weighted by Crippen LogP contribution is 2.18. The van der Waals surface area contributed by atoms with Gasteiger partial charge in [0.15, 0.2) is 0 Å². The van der Waals surface area contributed by atoms with E-state index in [1.807, 2.05) is 13.0 Å². The van der Waals surface area contributed by atoms with Crippen LogP contribution in [0.1, 0.15) is 33.1 Å². The van der Waals surface area contributed by atoms with Crippen LogP contribution in [0.15, 0.2) is 24.3 Å². The number of hydrogen-bond donors (Lipinski definition) is 2. The number of nitrogens with one attached hydrogen (secondary N) is 1. The van der Waals surface area contributed by atoms with E-state index in [2.05, 4.69) is 10.2 Å². The van der Waals surface area contributed by atoms with E-state index in [4.69, 9.17) is 0 Å². The molecule has 5 heteroatoms. The van der Waals surface area contributed by atoms with Crippen LogP contribution in [-0.2, 0) is 4.79 Å². The second kappa shape index (κ2) is 7.98. The Balaban J connectivity index is 2.48. The summed E-state index contributed by atoms with van der Waals surface area (Å²) in [5, 5.41) is 12.0. The zero-order valence-corrected chi connectivity index (χ0v) is 13.0. The second-order valence-electron chi connectivity index (χ2n) is 5.40. The van der Waals surface area contributed by atoms with Gasteiger partial charge in [-0.05, 0) is 58.4 Å². The first-order chi connectivity index (χ1) is 9.92. The van der Waals surface area contributed by atoms with E-state index in [-0.39, 0.29) is 5.82 Å². The van der Waals surface area contributed by atoms with Crippen LogP contribution in [0.25, 0.3) is 0 Å². The zero-order valence-electron chi connectivity index (χ0n) is 13.0. The summed E-state index contributed by atoms with van der Waals surface area (Å²) < 4.78 is 13.2. The molecule has 0 aliphatic carbocycles. The number of aliphatic carboxylic acids is 1. The first kappa shape index (κ1) is 17.4. The van der Waals surface area contributed by atoms with Crippen molar-refractivity contribution in [3.8, 4) is 0 Å². The molecular formula is C16H25FN2O2. The molecule has 1 atom stereocenters. The lowest BCUT2D eigenvalue weighted by Gasteiger charge is -2.26. The van der Waals surface area contributed by atoms with E-state index in [1.54, 1.807) is 20.0 Å². The number of carboxylic acids is 1. The Hall–Kier alpha value is -1.62. The van der Waals surface area contributed by atoms with Gasteiger partial charge in [0.05, 0.1) is 0 Å². The van der Waals surface area contributed by atoms with Gasteiger partial charge in [0.25, 0.3) is 0 Å². The number of carbonyl (C=O) groups is 1. The number of anilines is 1. The van der Waals surface area contributed by atoms with Gasteiger partial charge >= 0.3 is 5.97 Å². The van der Waals surface area contributed by atoms with Gasteiger partial charge in [-0.3, -0.25) is 4.79 Å². The number of hydrogen-bond acceptors (Lipinski definition) is 3. The molecule has 1 rings (SSSR count). The molecule has 1 aromatic carbocycles. The van der Waals surface area contributed by atoms with E-state index in [0.29, 0.717) is 6.42 Å². The van der Waals surface area contributed by atoms with Crippen LogP contribution in [0, 0.1) is 5.82 Å². The summed E-state index contributed by atoms with van der Waals surface area (Å²) in [6.07, 6.45) is 2.24. The average Bonchev–Trinajstić information content (AvgIpc) is 2.46. The molecule has 0 spiro atoms. The number of likely N-dealkylation sites (N-methyl/N-ethyl adjacent to an activating group) is 1. The Morgan fingerprint density at radius 3 is 2.67 bits per heavy atom. The molecule has 0 bridgehead atoms. The van der Waals surface area contributed by atoms with E-state index < -0.39 is 11.5 Å². The van der Waals surface area contributed by atoms with Crippen molar-refractivity contribution in [3.63, 3.8) is 0 Å². The van der Waals surface area contributed by atoms with Gasteiger partial charge in [-0.1, -0.05) is 6.07 Å². The molecule has 0 aliphatic rings. The normalized spacial score (nSPS) is 13.7. The minimum Gasteiger partial charge on any atom is -0.480 e. The number of halogens is 1. The number of nitrogens with zero attached hydrogens (tertiary/aromatic N) is 1. The number of rotatable bonds is 9. The van der Waals surface area contributed by atoms with Gasteiger partial charge < -0.3 is 15.3 Å². The fourth-order valence-corrected chi connectivity index (χ4v) is 2.26. The number of unbranched alkanes of at least 4 members (excludes halogenated alkanes) is 1. The highest BCUT2D eigenvalue weighted by atomic mass is 19.1. The van der Waals surface area contributed by atoms with Crippen LogP contribution in [0.5, 0.6) is 0 Å². The van der Waals surface area contributed by atoms with Gasteiger partial charge in [0, 0.05) is 18.8 Å². The van der Waals surface area contributed by atoms with Crippen molar-refractivity contribution in [1.29, 1.82) is 0 Å². The van der Waals surface area contributed by atoms with Crippen LogP contribution < -0.4 is 10.2 Å². The molecule has 1 unspecified atom stereocenters. The van der Waals surface area contributed by atoms with Crippen molar-refractivity contribution in [2.24, 2.45) is 0 Å². The standard InChI is InChI=1S/C16H25FN2O2/c1-4-19(14-9-7-8-13(17)12-14)11-6-5-10-16(2,18-3)15(20)21/h7-9,12,18H,4-6,10-11H2,1-3H3,(H,20,21).